The van der Waals surface area contributed by atoms with Gasteiger partial charge in [-0.15, -0.1) is 0 Å². The molecule has 0 amide bonds. The monoisotopic (exact) mass is 183 g/mol. The summed E-state index contributed by atoms with van der Waals surface area (Å²) in [4.78, 5) is 2.30. The molecule has 0 bridgehead atoms. The Morgan fingerprint density at radius 2 is 2.00 bits per heavy atom. The van der Waals surface area contributed by atoms with Gasteiger partial charge in [0.1, 0.15) is 0 Å². The summed E-state index contributed by atoms with van der Waals surface area (Å²) in [5, 5.41) is 0. The fourth-order valence-electron chi connectivity index (χ4n) is 1.20. The normalized spacial score (nSPS) is 10.5. The molecule has 0 heterocycles. The Morgan fingerprint density at radius 1 is 1.38 bits per heavy atom. The SMILES string of the molecule is C=C(CCC(C)C)N(C)CCCC. The molecule has 0 fully saturated rings. The molecule has 13 heavy (non-hydrogen) atoms. The number of hydrogen-bond donors (Lipinski definition) is 0. The van der Waals surface area contributed by atoms with Crippen LogP contribution in [-0.4, -0.2) is 18.5 Å². The third-order valence-electron chi connectivity index (χ3n) is 2.40. The average molecular weight is 183 g/mol. The summed E-state index contributed by atoms with van der Waals surface area (Å²) in [7, 11) is 2.15. The highest BCUT2D eigenvalue weighted by Crippen LogP contribution is 2.12. The van der Waals surface area contributed by atoms with E-state index in [4.69, 9.17) is 0 Å². The third kappa shape index (κ3) is 6.68. The van der Waals surface area contributed by atoms with E-state index < -0.39 is 0 Å². The lowest BCUT2D eigenvalue weighted by Crippen LogP contribution is -2.18. The molecule has 0 radical (unpaired) electrons. The van der Waals surface area contributed by atoms with Crippen molar-refractivity contribution in [3.05, 3.63) is 12.3 Å². The largest absolute Gasteiger partial charge is 0.378 e. The zero-order valence-electron chi connectivity index (χ0n) is 9.77. The first-order valence-corrected chi connectivity index (χ1v) is 5.46. The van der Waals surface area contributed by atoms with Crippen LogP contribution in [0.4, 0.5) is 0 Å². The molecule has 0 aliphatic heterocycles. The highest BCUT2D eigenvalue weighted by atomic mass is 15.1. The molecule has 0 rings (SSSR count). The summed E-state index contributed by atoms with van der Waals surface area (Å²) in [5.74, 6) is 0.788. The molecule has 0 saturated heterocycles. The molecule has 0 aromatic carbocycles. The molecular formula is C12H25N. The Morgan fingerprint density at radius 3 is 2.46 bits per heavy atom. The fraction of sp³-hybridized carbons (Fsp3) is 0.833. The zero-order chi connectivity index (χ0) is 10.3. The van der Waals surface area contributed by atoms with Crippen LogP contribution in [0.1, 0.15) is 46.5 Å². The van der Waals surface area contributed by atoms with Crippen LogP contribution in [0, 0.1) is 5.92 Å². The molecule has 78 valence electrons. The van der Waals surface area contributed by atoms with E-state index in [1.54, 1.807) is 0 Å². The number of rotatable bonds is 7. The van der Waals surface area contributed by atoms with Crippen LogP contribution in [0.15, 0.2) is 12.3 Å². The van der Waals surface area contributed by atoms with Crippen LogP contribution in [0.25, 0.3) is 0 Å². The van der Waals surface area contributed by atoms with Gasteiger partial charge < -0.3 is 4.90 Å². The first kappa shape index (κ1) is 12.5. The van der Waals surface area contributed by atoms with Crippen LogP contribution < -0.4 is 0 Å². The zero-order valence-corrected chi connectivity index (χ0v) is 9.77. The van der Waals surface area contributed by atoms with Gasteiger partial charge in [0, 0.05) is 19.3 Å². The lowest BCUT2D eigenvalue weighted by Gasteiger charge is -2.22. The molecule has 0 aliphatic rings. The lowest BCUT2D eigenvalue weighted by atomic mass is 10.1. The molecular weight excluding hydrogens is 158 g/mol. The maximum absolute atomic E-state index is 4.11. The minimum Gasteiger partial charge on any atom is -0.378 e. The summed E-state index contributed by atoms with van der Waals surface area (Å²) < 4.78 is 0. The molecule has 0 spiro atoms. The number of allylic oxidation sites excluding steroid dienone is 1. The Kier molecular flexibility index (Phi) is 6.75. The molecule has 1 heteroatoms. The van der Waals surface area contributed by atoms with Gasteiger partial charge in [0.25, 0.3) is 0 Å². The second-order valence-corrected chi connectivity index (χ2v) is 4.27. The molecule has 1 nitrogen and oxygen atoms in total. The van der Waals surface area contributed by atoms with Crippen LogP contribution in [0.5, 0.6) is 0 Å². The van der Waals surface area contributed by atoms with Gasteiger partial charge in [0.2, 0.25) is 0 Å². The van der Waals surface area contributed by atoms with E-state index >= 15 is 0 Å². The van der Waals surface area contributed by atoms with Gasteiger partial charge >= 0.3 is 0 Å². The summed E-state index contributed by atoms with van der Waals surface area (Å²) in [6.45, 7) is 12.0. The number of hydrogen-bond acceptors (Lipinski definition) is 1. The van der Waals surface area contributed by atoms with Gasteiger partial charge in [-0.25, -0.2) is 0 Å². The van der Waals surface area contributed by atoms with Crippen molar-refractivity contribution >= 4 is 0 Å². The highest BCUT2D eigenvalue weighted by Gasteiger charge is 2.02. The van der Waals surface area contributed by atoms with Crippen molar-refractivity contribution in [2.45, 2.75) is 46.5 Å². The lowest BCUT2D eigenvalue weighted by molar-refractivity contribution is 0.382. The molecule has 0 atom stereocenters. The minimum absolute atomic E-state index is 0.788. The Labute approximate surface area is 83.8 Å². The number of nitrogens with zero attached hydrogens (tertiary/aromatic N) is 1. The van der Waals surface area contributed by atoms with Gasteiger partial charge in [-0.2, -0.15) is 0 Å². The summed E-state index contributed by atoms with van der Waals surface area (Å²) >= 11 is 0. The second-order valence-electron chi connectivity index (χ2n) is 4.27. The van der Waals surface area contributed by atoms with Crippen molar-refractivity contribution in [3.63, 3.8) is 0 Å². The van der Waals surface area contributed by atoms with Gasteiger partial charge in [-0.05, 0) is 25.2 Å². The molecule has 0 N–H and O–H groups in total. The number of unbranched alkanes of at least 4 members (excludes halogenated alkanes) is 1. The van der Waals surface area contributed by atoms with Crippen molar-refractivity contribution in [1.29, 1.82) is 0 Å². The topological polar surface area (TPSA) is 3.24 Å². The average Bonchev–Trinajstić information content (AvgIpc) is 2.10. The Balaban J connectivity index is 3.57. The van der Waals surface area contributed by atoms with Crippen LogP contribution in [-0.2, 0) is 0 Å². The van der Waals surface area contributed by atoms with Crippen LogP contribution in [0.2, 0.25) is 0 Å². The van der Waals surface area contributed by atoms with Crippen molar-refractivity contribution in [3.8, 4) is 0 Å². The van der Waals surface area contributed by atoms with E-state index in [1.165, 1.54) is 25.0 Å². The van der Waals surface area contributed by atoms with Gasteiger partial charge in [-0.3, -0.25) is 0 Å². The van der Waals surface area contributed by atoms with Gasteiger partial charge in [0.05, 0.1) is 0 Å². The highest BCUT2D eigenvalue weighted by molar-refractivity contribution is 4.92. The first-order chi connectivity index (χ1) is 6.07. The summed E-state index contributed by atoms with van der Waals surface area (Å²) in [6.07, 6.45) is 4.95. The summed E-state index contributed by atoms with van der Waals surface area (Å²) in [6, 6.07) is 0. The van der Waals surface area contributed by atoms with E-state index in [0.29, 0.717) is 0 Å². The van der Waals surface area contributed by atoms with Gasteiger partial charge in [-0.1, -0.05) is 33.8 Å². The quantitative estimate of drug-likeness (QED) is 0.582. The van der Waals surface area contributed by atoms with E-state index in [1.807, 2.05) is 0 Å². The predicted octanol–water partition coefficient (Wildman–Crippen LogP) is 3.67. The molecule has 0 aromatic rings. The molecule has 0 aliphatic carbocycles. The fourth-order valence-corrected chi connectivity index (χ4v) is 1.20. The Bertz CT molecular complexity index is 138. The van der Waals surface area contributed by atoms with E-state index in [9.17, 15) is 0 Å². The third-order valence-corrected chi connectivity index (χ3v) is 2.40. The maximum Gasteiger partial charge on any atom is 0.0171 e. The molecule has 0 saturated carbocycles. The molecule has 0 unspecified atom stereocenters. The van der Waals surface area contributed by atoms with Gasteiger partial charge in [0.15, 0.2) is 0 Å². The van der Waals surface area contributed by atoms with Crippen molar-refractivity contribution in [1.82, 2.24) is 4.90 Å². The maximum atomic E-state index is 4.11. The second kappa shape index (κ2) is 6.99. The van der Waals surface area contributed by atoms with Crippen LogP contribution >= 0.6 is 0 Å². The van der Waals surface area contributed by atoms with Crippen molar-refractivity contribution in [2.24, 2.45) is 5.92 Å². The smallest absolute Gasteiger partial charge is 0.0171 e. The van der Waals surface area contributed by atoms with Crippen LogP contribution in [0.3, 0.4) is 0 Å². The Hall–Kier alpha value is -0.460. The standard InChI is InChI=1S/C12H25N/c1-6-7-10-13(5)12(4)9-8-11(2)3/h11H,4,6-10H2,1-3,5H3. The minimum atomic E-state index is 0.788. The van der Waals surface area contributed by atoms with E-state index in [0.717, 1.165) is 18.9 Å². The van der Waals surface area contributed by atoms with Crippen molar-refractivity contribution in [2.75, 3.05) is 13.6 Å². The predicted molar refractivity (Wildman–Crippen MR) is 60.8 cm³/mol. The summed E-state index contributed by atoms with van der Waals surface area (Å²) in [5.41, 5.74) is 1.29. The first-order valence-electron chi connectivity index (χ1n) is 5.46. The molecule has 0 aromatic heterocycles. The van der Waals surface area contributed by atoms with E-state index in [2.05, 4.69) is 39.3 Å². The van der Waals surface area contributed by atoms with Crippen molar-refractivity contribution < 1.29 is 0 Å². The van der Waals surface area contributed by atoms with E-state index in [-0.39, 0.29) is 0 Å².